The molecule has 0 amide bonds. The first-order valence-electron chi connectivity index (χ1n) is 10.5. The summed E-state index contributed by atoms with van der Waals surface area (Å²) in [5.41, 5.74) is 0.826. The summed E-state index contributed by atoms with van der Waals surface area (Å²) in [7, 11) is 0. The molecular weight excluding hydrogens is 369 g/mol. The minimum absolute atomic E-state index is 0.240. The largest absolute Gasteiger partial charge is 0.340 e. The smallest absolute Gasteiger partial charge is 0.142 e. The van der Waals surface area contributed by atoms with Gasteiger partial charge in [-0.15, -0.1) is 11.3 Å². The van der Waals surface area contributed by atoms with Gasteiger partial charge >= 0.3 is 0 Å². The molecule has 28 heavy (non-hydrogen) atoms. The Labute approximate surface area is 171 Å². The summed E-state index contributed by atoms with van der Waals surface area (Å²) in [4.78, 5) is 11.2. The van der Waals surface area contributed by atoms with Gasteiger partial charge in [-0.1, -0.05) is 52.4 Å². The van der Waals surface area contributed by atoms with Crippen molar-refractivity contribution in [1.82, 2.24) is 9.97 Å². The van der Waals surface area contributed by atoms with Gasteiger partial charge in [0.15, 0.2) is 0 Å². The van der Waals surface area contributed by atoms with Gasteiger partial charge < -0.3 is 5.32 Å². The molecule has 150 valence electrons. The monoisotopic (exact) mass is 399 g/mol. The maximum Gasteiger partial charge on any atom is 0.142 e. The Hall–Kier alpha value is -2.01. The highest BCUT2D eigenvalue weighted by Gasteiger charge is 2.10. The number of unbranched alkanes of at least 4 members (excludes halogenated alkanes) is 1. The van der Waals surface area contributed by atoms with E-state index in [1.54, 1.807) is 29.8 Å². The van der Waals surface area contributed by atoms with E-state index in [0.29, 0.717) is 0 Å². The molecule has 0 radical (unpaired) electrons. The van der Waals surface area contributed by atoms with Crippen molar-refractivity contribution in [3.8, 4) is 0 Å². The zero-order valence-corrected chi connectivity index (χ0v) is 17.7. The molecule has 1 aromatic carbocycles. The molecule has 0 atom stereocenters. The molecule has 0 unspecified atom stereocenters. The highest BCUT2D eigenvalue weighted by Crippen LogP contribution is 2.31. The van der Waals surface area contributed by atoms with Crippen LogP contribution in [0, 0.1) is 11.7 Å². The summed E-state index contributed by atoms with van der Waals surface area (Å²) < 4.78 is 13.1. The molecule has 0 saturated heterocycles. The van der Waals surface area contributed by atoms with Gasteiger partial charge in [-0.05, 0) is 49.1 Å². The summed E-state index contributed by atoms with van der Waals surface area (Å²) in [5, 5.41) is 4.33. The van der Waals surface area contributed by atoms with Gasteiger partial charge in [-0.3, -0.25) is 0 Å². The first-order valence-corrected chi connectivity index (χ1v) is 11.3. The Morgan fingerprint density at radius 2 is 1.75 bits per heavy atom. The maximum atomic E-state index is 13.1. The van der Waals surface area contributed by atoms with Crippen molar-refractivity contribution in [1.29, 1.82) is 0 Å². The van der Waals surface area contributed by atoms with Crippen LogP contribution >= 0.6 is 11.3 Å². The van der Waals surface area contributed by atoms with Crippen LogP contribution in [0.2, 0.25) is 0 Å². The Morgan fingerprint density at radius 1 is 1.00 bits per heavy atom. The number of nitrogens with one attached hydrogen (secondary N) is 1. The zero-order chi connectivity index (χ0) is 19.8. The van der Waals surface area contributed by atoms with Crippen molar-refractivity contribution in [2.24, 2.45) is 5.92 Å². The number of anilines is 2. The molecule has 2 aromatic heterocycles. The molecule has 0 saturated carbocycles. The van der Waals surface area contributed by atoms with Crippen LogP contribution in [0.1, 0.15) is 63.7 Å². The average Bonchev–Trinajstić information content (AvgIpc) is 3.11. The van der Waals surface area contributed by atoms with Crippen molar-refractivity contribution in [2.45, 2.75) is 65.2 Å². The number of aromatic nitrogens is 2. The second kappa shape index (κ2) is 10.5. The van der Waals surface area contributed by atoms with Crippen LogP contribution in [-0.4, -0.2) is 9.97 Å². The number of rotatable bonds is 11. The van der Waals surface area contributed by atoms with E-state index in [2.05, 4.69) is 35.2 Å². The molecule has 0 fully saturated rings. The summed E-state index contributed by atoms with van der Waals surface area (Å²) in [6.45, 7) is 4.58. The number of hydrogen-bond acceptors (Lipinski definition) is 4. The van der Waals surface area contributed by atoms with Crippen LogP contribution in [0.15, 0.2) is 36.7 Å². The summed E-state index contributed by atoms with van der Waals surface area (Å²) in [5.74, 6) is 1.44. The van der Waals surface area contributed by atoms with Gasteiger partial charge in [0, 0.05) is 10.6 Å². The van der Waals surface area contributed by atoms with E-state index in [0.717, 1.165) is 34.1 Å². The Kier molecular flexibility index (Phi) is 7.78. The second-order valence-electron chi connectivity index (χ2n) is 7.47. The normalized spacial score (nSPS) is 11.4. The van der Waals surface area contributed by atoms with Gasteiger partial charge in [0.25, 0.3) is 0 Å². The number of hydrogen-bond donors (Lipinski definition) is 1. The van der Waals surface area contributed by atoms with E-state index in [4.69, 9.17) is 0 Å². The quantitative estimate of drug-likeness (QED) is 0.339. The molecule has 2 heterocycles. The minimum Gasteiger partial charge on any atom is -0.340 e. The highest BCUT2D eigenvalue weighted by atomic mass is 32.1. The van der Waals surface area contributed by atoms with Crippen LogP contribution in [0.4, 0.5) is 15.9 Å². The molecule has 3 rings (SSSR count). The number of thiophene rings is 1. The van der Waals surface area contributed by atoms with Crippen molar-refractivity contribution in [3.05, 3.63) is 47.4 Å². The fourth-order valence-corrected chi connectivity index (χ4v) is 4.82. The fraction of sp³-hybridized carbons (Fsp3) is 0.478. The van der Waals surface area contributed by atoms with Crippen LogP contribution < -0.4 is 5.32 Å². The molecule has 1 N–H and O–H groups in total. The summed E-state index contributed by atoms with van der Waals surface area (Å²) in [6, 6.07) is 8.55. The third-order valence-electron chi connectivity index (χ3n) is 5.17. The van der Waals surface area contributed by atoms with Gasteiger partial charge in [-0.25, -0.2) is 14.4 Å². The molecule has 0 aliphatic heterocycles. The first-order chi connectivity index (χ1) is 13.7. The third kappa shape index (κ3) is 5.74. The lowest BCUT2D eigenvalue weighted by atomic mass is 9.92. The van der Waals surface area contributed by atoms with E-state index in [-0.39, 0.29) is 5.82 Å². The average molecular weight is 400 g/mol. The predicted octanol–water partition coefficient (Wildman–Crippen LogP) is 7.50. The molecule has 0 aliphatic carbocycles. The summed E-state index contributed by atoms with van der Waals surface area (Å²) in [6.07, 6.45) is 11.9. The van der Waals surface area contributed by atoms with Gasteiger partial charge in [-0.2, -0.15) is 0 Å². The van der Waals surface area contributed by atoms with E-state index < -0.39 is 0 Å². The fourth-order valence-electron chi connectivity index (χ4n) is 3.78. The SMILES string of the molecule is CCCC(CCC)CCCCc1cc2c(Nc3ccc(F)cc3)ncnc2s1. The van der Waals surface area contributed by atoms with E-state index in [9.17, 15) is 4.39 Å². The Bertz CT molecular complexity index is 854. The lowest BCUT2D eigenvalue weighted by Gasteiger charge is -2.14. The van der Waals surface area contributed by atoms with E-state index in [1.807, 2.05) is 0 Å². The Balaban J connectivity index is 1.60. The number of halogens is 1. The van der Waals surface area contributed by atoms with Crippen LogP contribution in [0.3, 0.4) is 0 Å². The zero-order valence-electron chi connectivity index (χ0n) is 16.9. The third-order valence-corrected chi connectivity index (χ3v) is 6.27. The van der Waals surface area contributed by atoms with Crippen molar-refractivity contribution < 1.29 is 4.39 Å². The van der Waals surface area contributed by atoms with Gasteiger partial charge in [0.05, 0.1) is 5.39 Å². The predicted molar refractivity (Wildman–Crippen MR) is 118 cm³/mol. The minimum atomic E-state index is -0.240. The molecule has 0 bridgehead atoms. The number of nitrogens with zero attached hydrogens (tertiary/aromatic N) is 2. The van der Waals surface area contributed by atoms with Crippen molar-refractivity contribution in [2.75, 3.05) is 5.32 Å². The first kappa shape index (κ1) is 20.7. The lowest BCUT2D eigenvalue weighted by molar-refractivity contribution is 0.395. The molecule has 5 heteroatoms. The van der Waals surface area contributed by atoms with Crippen LogP contribution in [0.5, 0.6) is 0 Å². The van der Waals surface area contributed by atoms with Crippen molar-refractivity contribution in [3.63, 3.8) is 0 Å². The molecular formula is C23H30FN3S. The van der Waals surface area contributed by atoms with Crippen LogP contribution in [-0.2, 0) is 6.42 Å². The van der Waals surface area contributed by atoms with E-state index in [1.165, 1.54) is 62.0 Å². The molecule has 3 nitrogen and oxygen atoms in total. The van der Waals surface area contributed by atoms with Gasteiger partial charge in [0.2, 0.25) is 0 Å². The van der Waals surface area contributed by atoms with E-state index >= 15 is 0 Å². The standard InChI is InChI=1S/C23H30FN3S/c1-3-7-17(8-4-2)9-5-6-10-20-15-21-22(25-16-26-23(21)28-20)27-19-13-11-18(24)12-14-19/h11-17H,3-10H2,1-2H3,(H,25,26,27). The van der Waals surface area contributed by atoms with Gasteiger partial charge in [0.1, 0.15) is 22.8 Å². The Morgan fingerprint density at radius 3 is 2.46 bits per heavy atom. The number of fused-ring (bicyclic) bond motifs is 1. The number of benzene rings is 1. The summed E-state index contributed by atoms with van der Waals surface area (Å²) >= 11 is 1.75. The van der Waals surface area contributed by atoms with Crippen molar-refractivity contribution >= 4 is 33.1 Å². The topological polar surface area (TPSA) is 37.8 Å². The second-order valence-corrected chi connectivity index (χ2v) is 8.59. The molecule has 3 aromatic rings. The number of aryl methyl sites for hydroxylation is 1. The van der Waals surface area contributed by atoms with Crippen LogP contribution in [0.25, 0.3) is 10.2 Å². The highest BCUT2D eigenvalue weighted by molar-refractivity contribution is 7.18. The molecule has 0 aliphatic rings. The lowest BCUT2D eigenvalue weighted by Crippen LogP contribution is -2.00. The molecule has 0 spiro atoms. The maximum absolute atomic E-state index is 13.1.